The van der Waals surface area contributed by atoms with E-state index in [0.29, 0.717) is 28.4 Å². The van der Waals surface area contributed by atoms with Crippen molar-refractivity contribution >= 4 is 17.3 Å². The Morgan fingerprint density at radius 3 is 2.87 bits per heavy atom. The van der Waals surface area contributed by atoms with Gasteiger partial charge in [-0.05, 0) is 31.2 Å². The summed E-state index contributed by atoms with van der Waals surface area (Å²) >= 11 is 0. The van der Waals surface area contributed by atoms with Crippen LogP contribution in [0.25, 0.3) is 17.0 Å². The van der Waals surface area contributed by atoms with Crippen molar-refractivity contribution in [1.82, 2.24) is 24.8 Å². The number of aromatic nitrogens is 4. The monoisotopic (exact) mass is 308 g/mol. The van der Waals surface area contributed by atoms with E-state index in [1.54, 1.807) is 42.0 Å². The maximum atomic E-state index is 10.9. The van der Waals surface area contributed by atoms with Crippen molar-refractivity contribution in [2.75, 3.05) is 0 Å². The molecule has 0 aliphatic heterocycles. The minimum absolute atomic E-state index is 0.435. The molecule has 0 aromatic carbocycles. The summed E-state index contributed by atoms with van der Waals surface area (Å²) in [4.78, 5) is 23.9. The maximum Gasteiger partial charge on any atom is 0.405 e. The average Bonchev–Trinajstić information content (AvgIpc) is 2.94. The third-order valence-electron chi connectivity index (χ3n) is 3.28. The number of fused-ring (bicyclic) bond motifs is 1. The third kappa shape index (κ3) is 2.67. The normalized spacial score (nSPS) is 11.8. The Morgan fingerprint density at radius 1 is 1.39 bits per heavy atom. The highest BCUT2D eigenvalue weighted by atomic mass is 16.4. The molecule has 23 heavy (non-hydrogen) atoms. The van der Waals surface area contributed by atoms with Crippen LogP contribution in [0.3, 0.4) is 0 Å². The number of carboxylic acid groups (broad SMARTS) is 1. The van der Waals surface area contributed by atoms with Crippen molar-refractivity contribution in [2.45, 2.75) is 13.0 Å². The molecule has 1 amide bonds. The predicted octanol–water partition coefficient (Wildman–Crippen LogP) is 2.02. The molecule has 0 bridgehead atoms. The van der Waals surface area contributed by atoms with Crippen LogP contribution >= 0.6 is 0 Å². The molecule has 8 nitrogen and oxygen atoms in total. The van der Waals surface area contributed by atoms with Crippen LogP contribution in [0.5, 0.6) is 0 Å². The van der Waals surface area contributed by atoms with Crippen LogP contribution in [-0.2, 0) is 0 Å². The van der Waals surface area contributed by atoms with E-state index in [1.165, 1.54) is 6.20 Å². The van der Waals surface area contributed by atoms with Gasteiger partial charge in [0, 0.05) is 12.4 Å². The van der Waals surface area contributed by atoms with Gasteiger partial charge in [0.1, 0.15) is 23.2 Å². The van der Waals surface area contributed by atoms with Gasteiger partial charge in [-0.1, -0.05) is 0 Å². The first-order chi connectivity index (χ1) is 11.1. The number of nitrogens with zero attached hydrogens (tertiary/aromatic N) is 5. The summed E-state index contributed by atoms with van der Waals surface area (Å²) in [6.07, 6.45) is 1.93. The van der Waals surface area contributed by atoms with Crippen LogP contribution in [0.4, 0.5) is 4.79 Å². The number of pyridine rings is 2. The molecule has 0 saturated carbocycles. The fourth-order valence-electron chi connectivity index (χ4n) is 2.28. The Kier molecular flexibility index (Phi) is 3.60. The van der Waals surface area contributed by atoms with Crippen LogP contribution in [0.2, 0.25) is 0 Å². The standard InChI is InChI=1S/C15H12N6O2/c1-9(19-15(22)23)13-20-11-3-2-6-17-14(11)21(13)12-5-4-10(7-16)8-18-12/h2-6,8-9,19H,1H3,(H,22,23)/t9-/m0/s1. The maximum absolute atomic E-state index is 10.9. The predicted molar refractivity (Wildman–Crippen MR) is 81.0 cm³/mol. The first kappa shape index (κ1) is 14.5. The Bertz CT molecular complexity index is 910. The number of nitriles is 1. The lowest BCUT2D eigenvalue weighted by atomic mass is 10.3. The lowest BCUT2D eigenvalue weighted by Gasteiger charge is -2.13. The van der Waals surface area contributed by atoms with Crippen LogP contribution in [0.15, 0.2) is 36.7 Å². The van der Waals surface area contributed by atoms with E-state index in [0.717, 1.165) is 0 Å². The molecule has 0 fully saturated rings. The second-order valence-corrected chi connectivity index (χ2v) is 4.84. The molecule has 0 unspecified atom stereocenters. The summed E-state index contributed by atoms with van der Waals surface area (Å²) in [5.41, 5.74) is 1.64. The molecular formula is C15H12N6O2. The molecule has 114 valence electrons. The van der Waals surface area contributed by atoms with Gasteiger partial charge < -0.3 is 10.4 Å². The molecule has 1 atom stereocenters. The van der Waals surface area contributed by atoms with Gasteiger partial charge in [0.25, 0.3) is 0 Å². The van der Waals surface area contributed by atoms with Crippen LogP contribution in [0.1, 0.15) is 24.4 Å². The minimum atomic E-state index is -1.14. The van der Waals surface area contributed by atoms with Crippen molar-refractivity contribution in [3.8, 4) is 11.9 Å². The minimum Gasteiger partial charge on any atom is -0.465 e. The van der Waals surface area contributed by atoms with Crippen molar-refractivity contribution in [3.63, 3.8) is 0 Å². The van der Waals surface area contributed by atoms with Gasteiger partial charge >= 0.3 is 6.09 Å². The van der Waals surface area contributed by atoms with E-state index in [-0.39, 0.29) is 0 Å². The third-order valence-corrected chi connectivity index (χ3v) is 3.28. The molecule has 0 aliphatic carbocycles. The van der Waals surface area contributed by atoms with Gasteiger partial charge in [0.15, 0.2) is 5.65 Å². The fraction of sp³-hybridized carbons (Fsp3) is 0.133. The second kappa shape index (κ2) is 5.73. The van der Waals surface area contributed by atoms with Crippen LogP contribution in [-0.4, -0.2) is 30.7 Å². The summed E-state index contributed by atoms with van der Waals surface area (Å²) < 4.78 is 1.68. The number of rotatable bonds is 3. The molecule has 0 aliphatic rings. The molecule has 2 N–H and O–H groups in total. The summed E-state index contributed by atoms with van der Waals surface area (Å²) in [7, 11) is 0. The first-order valence-corrected chi connectivity index (χ1v) is 6.79. The van der Waals surface area contributed by atoms with Gasteiger partial charge in [0.05, 0.1) is 11.6 Å². The summed E-state index contributed by atoms with van der Waals surface area (Å²) in [6.45, 7) is 1.69. The second-order valence-electron chi connectivity index (χ2n) is 4.84. The molecule has 3 rings (SSSR count). The zero-order chi connectivity index (χ0) is 16.4. The molecule has 0 radical (unpaired) electrons. The summed E-state index contributed by atoms with van der Waals surface area (Å²) in [5.74, 6) is 0.984. The zero-order valence-electron chi connectivity index (χ0n) is 12.1. The topological polar surface area (TPSA) is 117 Å². The summed E-state index contributed by atoms with van der Waals surface area (Å²) in [5, 5.41) is 20.2. The average molecular weight is 308 g/mol. The van der Waals surface area contributed by atoms with E-state index in [2.05, 4.69) is 20.3 Å². The highest BCUT2D eigenvalue weighted by molar-refractivity contribution is 5.74. The van der Waals surface area contributed by atoms with Gasteiger partial charge in [-0.2, -0.15) is 5.26 Å². The molecular weight excluding hydrogens is 296 g/mol. The van der Waals surface area contributed by atoms with Gasteiger partial charge in [0.2, 0.25) is 0 Å². The Labute approximate surface area is 131 Å². The number of carbonyl (C=O) groups is 1. The molecule has 0 saturated heterocycles. The molecule has 3 aromatic rings. The fourth-order valence-corrected chi connectivity index (χ4v) is 2.28. The number of hydrogen-bond donors (Lipinski definition) is 2. The smallest absolute Gasteiger partial charge is 0.405 e. The number of amides is 1. The van der Waals surface area contributed by atoms with E-state index in [4.69, 9.17) is 10.4 Å². The molecule has 3 aromatic heterocycles. The number of imidazole rings is 1. The zero-order valence-corrected chi connectivity index (χ0v) is 12.1. The van der Waals surface area contributed by atoms with Gasteiger partial charge in [-0.3, -0.25) is 4.57 Å². The molecule has 0 spiro atoms. The lowest BCUT2D eigenvalue weighted by Crippen LogP contribution is -2.26. The Morgan fingerprint density at radius 2 is 2.22 bits per heavy atom. The van der Waals surface area contributed by atoms with E-state index in [1.807, 2.05) is 6.07 Å². The Balaban J connectivity index is 2.19. The van der Waals surface area contributed by atoms with Crippen molar-refractivity contribution in [2.24, 2.45) is 0 Å². The van der Waals surface area contributed by atoms with Crippen molar-refractivity contribution in [3.05, 3.63) is 48.0 Å². The van der Waals surface area contributed by atoms with Gasteiger partial charge in [-0.25, -0.2) is 19.7 Å². The van der Waals surface area contributed by atoms with E-state index < -0.39 is 12.1 Å². The summed E-state index contributed by atoms with van der Waals surface area (Å²) in [6, 6.07) is 8.30. The van der Waals surface area contributed by atoms with Crippen LogP contribution < -0.4 is 5.32 Å². The van der Waals surface area contributed by atoms with Crippen molar-refractivity contribution in [1.29, 1.82) is 5.26 Å². The van der Waals surface area contributed by atoms with Gasteiger partial charge in [-0.15, -0.1) is 0 Å². The highest BCUT2D eigenvalue weighted by Gasteiger charge is 2.20. The number of nitrogens with one attached hydrogen (secondary N) is 1. The molecule has 8 heteroatoms. The largest absolute Gasteiger partial charge is 0.465 e. The number of hydrogen-bond acceptors (Lipinski definition) is 5. The highest BCUT2D eigenvalue weighted by Crippen LogP contribution is 2.22. The SMILES string of the molecule is C[C@H](NC(=O)O)c1nc2cccnc2n1-c1ccc(C#N)cn1. The van der Waals surface area contributed by atoms with Crippen LogP contribution in [0, 0.1) is 11.3 Å². The van der Waals surface area contributed by atoms with E-state index in [9.17, 15) is 4.79 Å². The van der Waals surface area contributed by atoms with Crippen molar-refractivity contribution < 1.29 is 9.90 Å². The molecule has 3 heterocycles. The Hall–Kier alpha value is -3.47. The van der Waals surface area contributed by atoms with E-state index >= 15 is 0 Å². The quantitative estimate of drug-likeness (QED) is 0.764. The lowest BCUT2D eigenvalue weighted by molar-refractivity contribution is 0.190. The first-order valence-electron chi connectivity index (χ1n) is 6.79.